The molecular weight excluding hydrogens is 288 g/mol. The quantitative estimate of drug-likeness (QED) is 0.430. The summed E-state index contributed by atoms with van der Waals surface area (Å²) < 4.78 is 0. The minimum Gasteiger partial charge on any atom is -0.357 e. The second-order valence-electron chi connectivity index (χ2n) is 7.39. The van der Waals surface area contributed by atoms with Crippen LogP contribution in [0, 0.1) is 11.3 Å². The number of carbonyl (C=O) groups is 1. The standard InChI is InChI=1S/C18H34N4O/c1-4-9-18(3)10-6-13-22(14-18)17(19-5-2)21-12-11-20-16(23)15-7-8-15/h15H,4-14H2,1-3H3,(H,19,21)(H,20,23). The molecule has 1 unspecified atom stereocenters. The van der Waals surface area contributed by atoms with Gasteiger partial charge in [-0.05, 0) is 44.4 Å². The average Bonchev–Trinajstić information content (AvgIpc) is 3.35. The summed E-state index contributed by atoms with van der Waals surface area (Å²) in [5, 5.41) is 6.41. The Hall–Kier alpha value is -1.26. The van der Waals surface area contributed by atoms with Gasteiger partial charge in [0.25, 0.3) is 0 Å². The summed E-state index contributed by atoms with van der Waals surface area (Å²) in [7, 11) is 0. The zero-order chi connectivity index (χ0) is 16.7. The molecular formula is C18H34N4O. The highest BCUT2D eigenvalue weighted by Crippen LogP contribution is 2.33. The van der Waals surface area contributed by atoms with Gasteiger partial charge in [-0.3, -0.25) is 9.79 Å². The molecule has 1 aliphatic carbocycles. The molecule has 23 heavy (non-hydrogen) atoms. The number of guanidine groups is 1. The van der Waals surface area contributed by atoms with Gasteiger partial charge in [0, 0.05) is 32.1 Å². The zero-order valence-corrected chi connectivity index (χ0v) is 15.2. The SMILES string of the molecule is CCCC1(C)CCCN(C(=NCCNC(=O)C2CC2)NCC)C1. The molecule has 132 valence electrons. The van der Waals surface area contributed by atoms with Crippen LogP contribution < -0.4 is 10.6 Å². The van der Waals surface area contributed by atoms with Crippen molar-refractivity contribution in [3.63, 3.8) is 0 Å². The molecule has 1 atom stereocenters. The van der Waals surface area contributed by atoms with E-state index in [0.717, 1.165) is 38.4 Å². The van der Waals surface area contributed by atoms with Crippen LogP contribution in [0.3, 0.4) is 0 Å². The van der Waals surface area contributed by atoms with Crippen LogP contribution in [0.5, 0.6) is 0 Å². The number of nitrogens with zero attached hydrogens (tertiary/aromatic N) is 2. The van der Waals surface area contributed by atoms with Crippen molar-refractivity contribution in [3.8, 4) is 0 Å². The van der Waals surface area contributed by atoms with Crippen molar-refractivity contribution in [3.05, 3.63) is 0 Å². The molecule has 2 aliphatic rings. The van der Waals surface area contributed by atoms with Crippen molar-refractivity contribution in [1.29, 1.82) is 0 Å². The molecule has 0 spiro atoms. The normalized spacial score (nSPS) is 25.3. The predicted octanol–water partition coefficient (Wildman–Crippen LogP) is 2.38. The van der Waals surface area contributed by atoms with E-state index in [9.17, 15) is 4.79 Å². The lowest BCUT2D eigenvalue weighted by atomic mass is 9.78. The van der Waals surface area contributed by atoms with Crippen LogP contribution >= 0.6 is 0 Å². The molecule has 2 rings (SSSR count). The largest absolute Gasteiger partial charge is 0.357 e. The van der Waals surface area contributed by atoms with Crippen LogP contribution in [0.4, 0.5) is 0 Å². The second kappa shape index (κ2) is 8.55. The van der Waals surface area contributed by atoms with Gasteiger partial charge in [0.1, 0.15) is 0 Å². The number of aliphatic imine (C=N–C) groups is 1. The maximum absolute atomic E-state index is 11.6. The van der Waals surface area contributed by atoms with Crippen molar-refractivity contribution in [2.75, 3.05) is 32.7 Å². The predicted molar refractivity (Wildman–Crippen MR) is 95.5 cm³/mol. The number of hydrogen-bond acceptors (Lipinski definition) is 2. The number of amides is 1. The minimum atomic E-state index is 0.207. The van der Waals surface area contributed by atoms with Gasteiger partial charge in [0.2, 0.25) is 5.91 Å². The first-order valence-electron chi connectivity index (χ1n) is 9.39. The molecule has 5 nitrogen and oxygen atoms in total. The molecule has 1 amide bonds. The van der Waals surface area contributed by atoms with Crippen LogP contribution in [0.25, 0.3) is 0 Å². The van der Waals surface area contributed by atoms with Gasteiger partial charge in [-0.2, -0.15) is 0 Å². The minimum absolute atomic E-state index is 0.207. The maximum Gasteiger partial charge on any atom is 0.223 e. The molecule has 0 bridgehead atoms. The first-order chi connectivity index (χ1) is 11.1. The Morgan fingerprint density at radius 3 is 2.74 bits per heavy atom. The van der Waals surface area contributed by atoms with Gasteiger partial charge in [0.15, 0.2) is 5.96 Å². The molecule has 1 saturated carbocycles. The van der Waals surface area contributed by atoms with Crippen molar-refractivity contribution < 1.29 is 4.79 Å². The van der Waals surface area contributed by atoms with Gasteiger partial charge in [-0.25, -0.2) is 0 Å². The Kier molecular flexibility index (Phi) is 6.72. The number of piperidine rings is 1. The summed E-state index contributed by atoms with van der Waals surface area (Å²) in [6, 6.07) is 0. The Balaban J connectivity index is 1.85. The van der Waals surface area contributed by atoms with Gasteiger partial charge in [0.05, 0.1) is 6.54 Å². The van der Waals surface area contributed by atoms with E-state index < -0.39 is 0 Å². The number of rotatable bonds is 7. The lowest BCUT2D eigenvalue weighted by molar-refractivity contribution is -0.122. The molecule has 2 fully saturated rings. The van der Waals surface area contributed by atoms with E-state index in [-0.39, 0.29) is 11.8 Å². The third-order valence-corrected chi connectivity index (χ3v) is 4.89. The van der Waals surface area contributed by atoms with Gasteiger partial charge < -0.3 is 15.5 Å². The summed E-state index contributed by atoms with van der Waals surface area (Å²) in [5.74, 6) is 1.50. The van der Waals surface area contributed by atoms with E-state index in [2.05, 4.69) is 36.3 Å². The molecule has 2 N–H and O–H groups in total. The lowest BCUT2D eigenvalue weighted by Gasteiger charge is -2.42. The first-order valence-corrected chi connectivity index (χ1v) is 9.39. The molecule has 1 saturated heterocycles. The third-order valence-electron chi connectivity index (χ3n) is 4.89. The number of likely N-dealkylation sites (tertiary alicyclic amines) is 1. The fraction of sp³-hybridized carbons (Fsp3) is 0.889. The Bertz CT molecular complexity index is 415. The topological polar surface area (TPSA) is 56.7 Å². The summed E-state index contributed by atoms with van der Waals surface area (Å²) in [6.45, 7) is 11.1. The molecule has 5 heteroatoms. The highest BCUT2D eigenvalue weighted by Gasteiger charge is 2.31. The average molecular weight is 322 g/mol. The first kappa shape index (κ1) is 18.1. The van der Waals surface area contributed by atoms with Gasteiger partial charge in [-0.1, -0.05) is 20.3 Å². The summed E-state index contributed by atoms with van der Waals surface area (Å²) in [4.78, 5) is 18.8. The van der Waals surface area contributed by atoms with Crippen LogP contribution in [0.15, 0.2) is 4.99 Å². The second-order valence-corrected chi connectivity index (χ2v) is 7.39. The van der Waals surface area contributed by atoms with Crippen molar-refractivity contribution in [1.82, 2.24) is 15.5 Å². The van der Waals surface area contributed by atoms with Crippen molar-refractivity contribution >= 4 is 11.9 Å². The highest BCUT2D eigenvalue weighted by atomic mass is 16.2. The highest BCUT2D eigenvalue weighted by molar-refractivity contribution is 5.81. The number of carbonyl (C=O) groups excluding carboxylic acids is 1. The van der Waals surface area contributed by atoms with Crippen molar-refractivity contribution in [2.24, 2.45) is 16.3 Å². The van der Waals surface area contributed by atoms with Crippen LogP contribution in [0.1, 0.15) is 59.3 Å². The van der Waals surface area contributed by atoms with E-state index in [1.54, 1.807) is 0 Å². The monoisotopic (exact) mass is 322 g/mol. The smallest absolute Gasteiger partial charge is 0.223 e. The molecule has 0 aromatic heterocycles. The van der Waals surface area contributed by atoms with Gasteiger partial charge in [-0.15, -0.1) is 0 Å². The summed E-state index contributed by atoms with van der Waals surface area (Å²) in [6.07, 6.45) is 7.18. The van der Waals surface area contributed by atoms with E-state index in [1.165, 1.54) is 25.7 Å². The van der Waals surface area contributed by atoms with E-state index in [1.807, 2.05) is 0 Å². The third kappa shape index (κ3) is 5.70. The number of nitrogens with one attached hydrogen (secondary N) is 2. The molecule has 1 heterocycles. The van der Waals surface area contributed by atoms with Crippen LogP contribution in [0.2, 0.25) is 0 Å². The lowest BCUT2D eigenvalue weighted by Crippen LogP contribution is -2.50. The summed E-state index contributed by atoms with van der Waals surface area (Å²) in [5.41, 5.74) is 0.406. The number of hydrogen-bond donors (Lipinski definition) is 2. The zero-order valence-electron chi connectivity index (χ0n) is 15.2. The van der Waals surface area contributed by atoms with Crippen molar-refractivity contribution in [2.45, 2.75) is 59.3 Å². The molecule has 0 aromatic carbocycles. The van der Waals surface area contributed by atoms with Gasteiger partial charge >= 0.3 is 0 Å². The maximum atomic E-state index is 11.6. The van der Waals surface area contributed by atoms with E-state index in [0.29, 0.717) is 18.5 Å². The van der Waals surface area contributed by atoms with E-state index in [4.69, 9.17) is 4.99 Å². The Morgan fingerprint density at radius 2 is 2.09 bits per heavy atom. The fourth-order valence-electron chi connectivity index (χ4n) is 3.56. The molecule has 1 aliphatic heterocycles. The Morgan fingerprint density at radius 1 is 1.30 bits per heavy atom. The van der Waals surface area contributed by atoms with Crippen LogP contribution in [-0.2, 0) is 4.79 Å². The van der Waals surface area contributed by atoms with Crippen LogP contribution in [-0.4, -0.2) is 49.5 Å². The molecule has 0 radical (unpaired) electrons. The summed E-state index contributed by atoms with van der Waals surface area (Å²) >= 11 is 0. The van der Waals surface area contributed by atoms with E-state index >= 15 is 0 Å². The Labute approximate surface area is 141 Å². The molecule has 0 aromatic rings. The fourth-order valence-corrected chi connectivity index (χ4v) is 3.56.